The third kappa shape index (κ3) is 18.9. The van der Waals surface area contributed by atoms with Crippen LogP contribution in [0.25, 0.3) is 0 Å². The number of ether oxygens (including phenoxy) is 8. The molecule has 3 amide bonds. The van der Waals surface area contributed by atoms with E-state index >= 15 is 0 Å². The summed E-state index contributed by atoms with van der Waals surface area (Å²) in [5, 5.41) is 19.4. The highest BCUT2D eigenvalue weighted by Gasteiger charge is 2.32. The Balaban J connectivity index is 1.20. The number of carbonyl (C=O) groups excluding carboxylic acids is 4. The maximum Gasteiger partial charge on any atom is 0.343 e. The number of carbonyl (C=O) groups is 4. The van der Waals surface area contributed by atoms with E-state index in [0.717, 1.165) is 6.07 Å². The van der Waals surface area contributed by atoms with E-state index in [-0.39, 0.29) is 57.1 Å². The number of H-pyrrole nitrogens is 1. The van der Waals surface area contributed by atoms with E-state index in [4.69, 9.17) is 42.7 Å². The number of rotatable bonds is 30. The predicted octanol–water partition coefficient (Wildman–Crippen LogP) is -0.822. The van der Waals surface area contributed by atoms with Crippen LogP contribution in [0.1, 0.15) is 29.8 Å². The van der Waals surface area contributed by atoms with Gasteiger partial charge < -0.3 is 58.2 Å². The number of nitrogens with zero attached hydrogens (tertiary/aromatic N) is 3. The number of nitrogens with one attached hydrogen (secondary N) is 2. The maximum atomic E-state index is 11.8. The maximum absolute atomic E-state index is 11.8. The van der Waals surface area contributed by atoms with Gasteiger partial charge in [-0.2, -0.15) is 0 Å². The van der Waals surface area contributed by atoms with Gasteiger partial charge in [0.05, 0.1) is 118 Å². The molecular weight excluding hydrogens is 634 g/mol. The first-order valence-electron chi connectivity index (χ1n) is 15.0. The molecular formula is C27H43N5O15. The summed E-state index contributed by atoms with van der Waals surface area (Å²) in [7, 11) is 0. The fourth-order valence-corrected chi connectivity index (χ4v) is 3.45. The van der Waals surface area contributed by atoms with Crippen LogP contribution in [-0.4, -0.2) is 156 Å². The Morgan fingerprint density at radius 2 is 1.13 bits per heavy atom. The molecule has 0 saturated carbocycles. The summed E-state index contributed by atoms with van der Waals surface area (Å²) in [6.07, 6.45) is 0.0119. The summed E-state index contributed by atoms with van der Waals surface area (Å²) < 4.78 is 43.0. The molecule has 2 N–H and O–H groups in total. The number of hydrogen-bond acceptors (Lipinski definition) is 16. The number of hydrogen-bond donors (Lipinski definition) is 2. The molecule has 20 nitrogen and oxygen atoms in total. The minimum Gasteiger partial charge on any atom is -0.378 e. The van der Waals surface area contributed by atoms with Crippen LogP contribution in [-0.2, 0) is 57.1 Å². The van der Waals surface area contributed by atoms with E-state index in [0.29, 0.717) is 91.0 Å². The first-order valence-corrected chi connectivity index (χ1v) is 15.0. The third-order valence-corrected chi connectivity index (χ3v) is 5.78. The van der Waals surface area contributed by atoms with Crippen LogP contribution in [0.2, 0.25) is 0 Å². The van der Waals surface area contributed by atoms with E-state index in [1.807, 2.05) is 0 Å². The van der Waals surface area contributed by atoms with Gasteiger partial charge in [-0.15, -0.1) is 10.2 Å². The third-order valence-electron chi connectivity index (χ3n) is 5.78. The molecule has 0 aliphatic carbocycles. The average Bonchev–Trinajstić information content (AvgIpc) is 3.68. The van der Waals surface area contributed by atoms with Gasteiger partial charge in [0, 0.05) is 19.4 Å². The minimum absolute atomic E-state index is 0.0494. The van der Waals surface area contributed by atoms with Crippen LogP contribution in [0.3, 0.4) is 0 Å². The van der Waals surface area contributed by atoms with Crippen molar-refractivity contribution < 1.29 is 66.8 Å². The van der Waals surface area contributed by atoms with E-state index in [9.17, 15) is 29.3 Å². The van der Waals surface area contributed by atoms with Crippen LogP contribution in [0.5, 0.6) is 0 Å². The van der Waals surface area contributed by atoms with Crippen molar-refractivity contribution in [1.82, 2.24) is 20.6 Å². The second kappa shape index (κ2) is 25.5. The molecule has 2 rings (SSSR count). The largest absolute Gasteiger partial charge is 0.378 e. The number of aromatic nitrogens is 2. The number of aromatic amines is 1. The van der Waals surface area contributed by atoms with Gasteiger partial charge in [-0.1, -0.05) is 5.10 Å². The second-order valence-electron chi connectivity index (χ2n) is 9.35. The standard InChI is InChI=1S/C27H43N5O15/c33-24-1-2-25(34)31(24)47-26(35)3-5-39-7-9-41-11-13-43-15-17-45-19-20-46-18-16-44-14-12-42-10-8-40-6-4-28-27(36)22-21-23(30-29-22)32(37)38/h21H,1-20H2,(H,28,36)(H,29,30). The van der Waals surface area contributed by atoms with Crippen molar-refractivity contribution >= 4 is 29.5 Å². The molecule has 47 heavy (non-hydrogen) atoms. The molecule has 1 aliphatic rings. The lowest BCUT2D eigenvalue weighted by Gasteiger charge is -2.12. The molecule has 0 aromatic carbocycles. The lowest BCUT2D eigenvalue weighted by molar-refractivity contribution is -0.389. The molecule has 20 heteroatoms. The molecule has 0 unspecified atom stereocenters. The Hall–Kier alpha value is -3.63. The lowest BCUT2D eigenvalue weighted by atomic mass is 10.4. The summed E-state index contributed by atoms with van der Waals surface area (Å²) >= 11 is 0. The van der Waals surface area contributed by atoms with Crippen LogP contribution in [0.15, 0.2) is 6.07 Å². The monoisotopic (exact) mass is 677 g/mol. The SMILES string of the molecule is O=C(CCOCCOCCOCCOCCOCCOCCOCCOCCNC(=O)c1cc([N+](=O)[O-])[nH]n1)ON1C(=O)CCC1=O. The zero-order valence-electron chi connectivity index (χ0n) is 26.2. The van der Waals surface area contributed by atoms with Crippen molar-refractivity contribution in [2.24, 2.45) is 0 Å². The summed E-state index contributed by atoms with van der Waals surface area (Å²) in [5.74, 6) is -2.65. The first-order chi connectivity index (χ1) is 22.9. The first kappa shape index (κ1) is 39.5. The molecule has 0 atom stereocenters. The number of nitro groups is 1. The van der Waals surface area contributed by atoms with Gasteiger partial charge in [0.15, 0.2) is 5.69 Å². The molecule has 0 radical (unpaired) electrons. The normalized spacial score (nSPS) is 13.0. The Kier molecular flexibility index (Phi) is 21.4. The summed E-state index contributed by atoms with van der Waals surface area (Å²) in [4.78, 5) is 60.9. The quantitative estimate of drug-likeness (QED) is 0.0437. The smallest absolute Gasteiger partial charge is 0.343 e. The number of amides is 3. The Morgan fingerprint density at radius 1 is 0.723 bits per heavy atom. The van der Waals surface area contributed by atoms with E-state index in [1.165, 1.54) is 0 Å². The lowest BCUT2D eigenvalue weighted by Crippen LogP contribution is -2.32. The zero-order valence-corrected chi connectivity index (χ0v) is 26.2. The highest BCUT2D eigenvalue weighted by molar-refractivity contribution is 6.01. The minimum atomic E-state index is -0.711. The van der Waals surface area contributed by atoms with Crippen molar-refractivity contribution in [2.75, 3.05) is 112 Å². The molecule has 1 aromatic rings. The highest BCUT2D eigenvalue weighted by Crippen LogP contribution is 2.12. The highest BCUT2D eigenvalue weighted by atomic mass is 16.7. The number of imide groups is 1. The molecule has 266 valence electrons. The molecule has 1 saturated heterocycles. The van der Waals surface area contributed by atoms with Crippen LogP contribution >= 0.6 is 0 Å². The molecule has 1 aromatic heterocycles. The van der Waals surface area contributed by atoms with Gasteiger partial charge in [-0.05, 0) is 4.92 Å². The van der Waals surface area contributed by atoms with Crippen molar-refractivity contribution in [2.45, 2.75) is 19.3 Å². The van der Waals surface area contributed by atoms with E-state index in [1.54, 1.807) is 0 Å². The van der Waals surface area contributed by atoms with E-state index < -0.39 is 28.6 Å². The van der Waals surface area contributed by atoms with Gasteiger partial charge in [-0.3, -0.25) is 14.4 Å². The molecule has 1 fully saturated rings. The zero-order chi connectivity index (χ0) is 34.0. The summed E-state index contributed by atoms with van der Waals surface area (Å²) in [5.41, 5.74) is -0.0703. The number of hydroxylamine groups is 2. The van der Waals surface area contributed by atoms with Gasteiger partial charge in [-0.25, -0.2) is 4.79 Å². The second-order valence-corrected chi connectivity index (χ2v) is 9.35. The van der Waals surface area contributed by atoms with Gasteiger partial charge in [0.1, 0.15) is 0 Å². The Labute approximate surface area is 270 Å². The van der Waals surface area contributed by atoms with Crippen molar-refractivity contribution in [1.29, 1.82) is 0 Å². The predicted molar refractivity (Wildman–Crippen MR) is 156 cm³/mol. The van der Waals surface area contributed by atoms with Crippen molar-refractivity contribution in [3.05, 3.63) is 21.9 Å². The van der Waals surface area contributed by atoms with Gasteiger partial charge >= 0.3 is 11.8 Å². The van der Waals surface area contributed by atoms with Crippen LogP contribution in [0, 0.1) is 10.1 Å². The van der Waals surface area contributed by atoms with E-state index in [2.05, 4.69) is 15.5 Å². The van der Waals surface area contributed by atoms with Crippen molar-refractivity contribution in [3.63, 3.8) is 0 Å². The molecule has 2 heterocycles. The summed E-state index contributed by atoms with van der Waals surface area (Å²) in [6, 6.07) is 1.05. The van der Waals surface area contributed by atoms with Crippen molar-refractivity contribution in [3.8, 4) is 0 Å². The molecule has 0 spiro atoms. The topological polar surface area (TPSA) is 238 Å². The van der Waals surface area contributed by atoms with Gasteiger partial charge in [0.25, 0.3) is 17.7 Å². The fraction of sp³-hybridized carbons (Fsp3) is 0.741. The van der Waals surface area contributed by atoms with Crippen LogP contribution < -0.4 is 5.32 Å². The Bertz CT molecular complexity index is 1060. The molecule has 1 aliphatic heterocycles. The fourth-order valence-electron chi connectivity index (χ4n) is 3.45. The molecule has 0 bridgehead atoms. The average molecular weight is 678 g/mol. The Morgan fingerprint density at radius 3 is 1.53 bits per heavy atom. The summed E-state index contributed by atoms with van der Waals surface area (Å²) in [6.45, 7) is 5.93. The van der Waals surface area contributed by atoms with Crippen LogP contribution in [0.4, 0.5) is 5.82 Å². The van der Waals surface area contributed by atoms with Gasteiger partial charge in [0.2, 0.25) is 0 Å².